The fraction of sp³-hybridized carbons (Fsp3) is 0.273. The summed E-state index contributed by atoms with van der Waals surface area (Å²) in [5.41, 5.74) is 0.731. The maximum atomic E-state index is 11.2. The number of esters is 1. The van der Waals surface area contributed by atoms with Crippen molar-refractivity contribution in [1.29, 1.82) is 0 Å². The Bertz CT molecular complexity index is 523. The van der Waals surface area contributed by atoms with Crippen molar-refractivity contribution in [2.45, 2.75) is 20.3 Å². The maximum absolute atomic E-state index is 11.2. The average molecular weight is 253 g/mol. The van der Waals surface area contributed by atoms with E-state index in [1.165, 1.54) is 19.1 Å². The molecule has 7 heteroatoms. The Balaban J connectivity index is 2.99. The molecule has 0 saturated heterocycles. The molecule has 7 nitrogen and oxygen atoms in total. The second kappa shape index (κ2) is 5.26. The third-order valence-corrected chi connectivity index (χ3v) is 2.42. The van der Waals surface area contributed by atoms with Crippen molar-refractivity contribution in [1.82, 2.24) is 0 Å². The molecular weight excluding hydrogens is 242 g/mol. The summed E-state index contributed by atoms with van der Waals surface area (Å²) >= 11 is 0. The van der Waals surface area contributed by atoms with Crippen LogP contribution in [0, 0.1) is 24.0 Å². The van der Waals surface area contributed by atoms with Crippen LogP contribution in [-0.4, -0.2) is 22.0 Å². The van der Waals surface area contributed by atoms with Crippen molar-refractivity contribution in [3.8, 4) is 5.75 Å². The monoisotopic (exact) mass is 253 g/mol. The Morgan fingerprint density at radius 1 is 1.33 bits per heavy atom. The molecule has 0 saturated carbocycles. The van der Waals surface area contributed by atoms with E-state index in [9.17, 15) is 19.7 Å². The summed E-state index contributed by atoms with van der Waals surface area (Å²) in [6.45, 7) is 3.09. The van der Waals surface area contributed by atoms with Crippen LogP contribution in [0.4, 0.5) is 5.69 Å². The summed E-state index contributed by atoms with van der Waals surface area (Å²) in [5, 5.41) is 19.1. The molecule has 0 aromatic heterocycles. The predicted molar refractivity (Wildman–Crippen MR) is 60.5 cm³/mol. The smallest absolute Gasteiger partial charge is 0.322 e. The van der Waals surface area contributed by atoms with Gasteiger partial charge in [0, 0.05) is 17.2 Å². The van der Waals surface area contributed by atoms with Crippen LogP contribution in [0.3, 0.4) is 0 Å². The first kappa shape index (κ1) is 13.6. The summed E-state index contributed by atoms with van der Waals surface area (Å²) in [5.74, 6) is -2.08. The maximum Gasteiger partial charge on any atom is 0.322 e. The van der Waals surface area contributed by atoms with Gasteiger partial charge in [-0.3, -0.25) is 19.7 Å². The van der Waals surface area contributed by atoms with Gasteiger partial charge in [-0.1, -0.05) is 0 Å². The molecule has 0 unspecified atom stereocenters. The first-order valence-corrected chi connectivity index (χ1v) is 5.00. The van der Waals surface area contributed by atoms with Gasteiger partial charge < -0.3 is 9.84 Å². The minimum Gasteiger partial charge on any atom is -0.481 e. The molecule has 0 bridgehead atoms. The van der Waals surface area contributed by atoms with E-state index < -0.39 is 23.3 Å². The third kappa shape index (κ3) is 3.03. The molecule has 1 aromatic carbocycles. The lowest BCUT2D eigenvalue weighted by Gasteiger charge is -2.08. The van der Waals surface area contributed by atoms with Crippen molar-refractivity contribution in [2.24, 2.45) is 0 Å². The molecule has 0 atom stereocenters. The van der Waals surface area contributed by atoms with E-state index in [-0.39, 0.29) is 11.4 Å². The summed E-state index contributed by atoms with van der Waals surface area (Å²) in [4.78, 5) is 31.6. The number of hydrogen-bond donors (Lipinski definition) is 1. The molecule has 1 aromatic rings. The molecule has 0 aliphatic heterocycles. The number of carboxylic acids is 1. The number of aliphatic carboxylic acids is 1. The van der Waals surface area contributed by atoms with E-state index in [1.807, 2.05) is 0 Å². The van der Waals surface area contributed by atoms with Gasteiger partial charge in [-0.25, -0.2) is 0 Å². The van der Waals surface area contributed by atoms with Gasteiger partial charge >= 0.3 is 11.9 Å². The summed E-state index contributed by atoms with van der Waals surface area (Å²) in [6, 6.07) is 2.49. The lowest BCUT2D eigenvalue weighted by atomic mass is 10.1. The predicted octanol–water partition coefficient (Wildman–Crippen LogP) is 1.59. The molecule has 0 radical (unpaired) electrons. The van der Waals surface area contributed by atoms with Gasteiger partial charge in [0.05, 0.1) is 4.92 Å². The highest BCUT2D eigenvalue weighted by Crippen LogP contribution is 2.28. The Morgan fingerprint density at radius 2 is 1.94 bits per heavy atom. The highest BCUT2D eigenvalue weighted by molar-refractivity contribution is 5.91. The SMILES string of the molecule is Cc1c(OC(=O)CC(=O)O)ccc([N+](=O)[O-])c1C. The molecule has 0 amide bonds. The van der Waals surface area contributed by atoms with Crippen LogP contribution in [0.15, 0.2) is 12.1 Å². The number of rotatable bonds is 4. The van der Waals surface area contributed by atoms with Crippen LogP contribution < -0.4 is 4.74 Å². The van der Waals surface area contributed by atoms with Crippen LogP contribution in [0.1, 0.15) is 17.5 Å². The Kier molecular flexibility index (Phi) is 3.98. The number of ether oxygens (including phenoxy) is 1. The third-order valence-electron chi connectivity index (χ3n) is 2.42. The van der Waals surface area contributed by atoms with Crippen molar-refractivity contribution in [3.63, 3.8) is 0 Å². The normalized spacial score (nSPS) is 9.89. The first-order chi connectivity index (χ1) is 8.32. The summed E-state index contributed by atoms with van der Waals surface area (Å²) in [6.07, 6.45) is -0.754. The lowest BCUT2D eigenvalue weighted by Crippen LogP contribution is -2.14. The quantitative estimate of drug-likeness (QED) is 0.287. The molecular formula is C11H11NO6. The Morgan fingerprint density at radius 3 is 2.44 bits per heavy atom. The molecule has 96 valence electrons. The number of carboxylic acid groups (broad SMARTS) is 1. The van der Waals surface area contributed by atoms with Gasteiger partial charge in [0.15, 0.2) is 0 Å². The van der Waals surface area contributed by atoms with E-state index in [2.05, 4.69) is 0 Å². The number of nitro benzene ring substituents is 1. The van der Waals surface area contributed by atoms with Crippen LogP contribution in [0.5, 0.6) is 5.75 Å². The highest BCUT2D eigenvalue weighted by atomic mass is 16.6. The van der Waals surface area contributed by atoms with Gasteiger partial charge in [-0.05, 0) is 19.9 Å². The van der Waals surface area contributed by atoms with Crippen molar-refractivity contribution in [2.75, 3.05) is 0 Å². The van der Waals surface area contributed by atoms with Crippen molar-refractivity contribution >= 4 is 17.6 Å². The van der Waals surface area contributed by atoms with Crippen LogP contribution in [-0.2, 0) is 9.59 Å². The Hall–Kier alpha value is -2.44. The zero-order valence-electron chi connectivity index (χ0n) is 9.80. The lowest BCUT2D eigenvalue weighted by molar-refractivity contribution is -0.385. The number of benzene rings is 1. The molecule has 0 spiro atoms. The second-order valence-electron chi connectivity index (χ2n) is 3.63. The average Bonchev–Trinajstić information content (AvgIpc) is 2.23. The number of nitrogens with zero attached hydrogens (tertiary/aromatic N) is 1. The number of carbonyl (C=O) groups excluding carboxylic acids is 1. The van der Waals surface area contributed by atoms with E-state index in [0.29, 0.717) is 11.1 Å². The van der Waals surface area contributed by atoms with E-state index in [1.54, 1.807) is 6.92 Å². The highest BCUT2D eigenvalue weighted by Gasteiger charge is 2.18. The van der Waals surface area contributed by atoms with E-state index in [4.69, 9.17) is 9.84 Å². The molecule has 0 aliphatic carbocycles. The number of hydrogen-bond acceptors (Lipinski definition) is 5. The minimum absolute atomic E-state index is 0.0782. The second-order valence-corrected chi connectivity index (χ2v) is 3.63. The zero-order valence-corrected chi connectivity index (χ0v) is 9.80. The fourth-order valence-corrected chi connectivity index (χ4v) is 1.37. The topological polar surface area (TPSA) is 107 Å². The van der Waals surface area contributed by atoms with E-state index >= 15 is 0 Å². The molecule has 0 heterocycles. The fourth-order valence-electron chi connectivity index (χ4n) is 1.37. The van der Waals surface area contributed by atoms with Crippen molar-refractivity contribution < 1.29 is 24.4 Å². The number of carbonyl (C=O) groups is 2. The van der Waals surface area contributed by atoms with Crippen LogP contribution in [0.25, 0.3) is 0 Å². The molecule has 0 fully saturated rings. The molecule has 0 aliphatic rings. The minimum atomic E-state index is -1.30. The zero-order chi connectivity index (χ0) is 13.9. The van der Waals surface area contributed by atoms with Crippen molar-refractivity contribution in [3.05, 3.63) is 33.4 Å². The van der Waals surface area contributed by atoms with Gasteiger partial charge in [0.2, 0.25) is 0 Å². The molecule has 18 heavy (non-hydrogen) atoms. The standard InChI is InChI=1S/C11H11NO6/c1-6-7(2)9(4-3-8(6)12(16)17)18-11(15)5-10(13)14/h3-4H,5H2,1-2H3,(H,13,14). The largest absolute Gasteiger partial charge is 0.481 e. The van der Waals surface area contributed by atoms with Gasteiger partial charge in [0.1, 0.15) is 12.2 Å². The summed E-state index contributed by atoms with van der Waals surface area (Å²) < 4.78 is 4.83. The molecule has 1 rings (SSSR count). The number of nitro groups is 1. The Labute approximate surface area is 102 Å². The van der Waals surface area contributed by atoms with Crippen LogP contribution >= 0.6 is 0 Å². The van der Waals surface area contributed by atoms with Gasteiger partial charge in [0.25, 0.3) is 5.69 Å². The van der Waals surface area contributed by atoms with Crippen LogP contribution in [0.2, 0.25) is 0 Å². The van der Waals surface area contributed by atoms with Gasteiger partial charge in [-0.15, -0.1) is 0 Å². The molecule has 1 N–H and O–H groups in total. The summed E-state index contributed by atoms with van der Waals surface area (Å²) in [7, 11) is 0. The van der Waals surface area contributed by atoms with E-state index in [0.717, 1.165) is 0 Å². The first-order valence-electron chi connectivity index (χ1n) is 5.00. The van der Waals surface area contributed by atoms with Gasteiger partial charge in [-0.2, -0.15) is 0 Å².